The van der Waals surface area contributed by atoms with E-state index >= 15 is 0 Å². The maximum Gasteiger partial charge on any atom is 0.230 e. The van der Waals surface area contributed by atoms with Gasteiger partial charge in [-0.2, -0.15) is 0 Å². The zero-order valence-electron chi connectivity index (χ0n) is 10.6. The Hall–Kier alpha value is -0.940. The molecule has 96 valence electrons. The Morgan fingerprint density at radius 1 is 1.41 bits per heavy atom. The van der Waals surface area contributed by atoms with Crippen molar-refractivity contribution in [2.45, 2.75) is 51.6 Å². The number of rotatable bonds is 4. The van der Waals surface area contributed by atoms with E-state index in [1.165, 1.54) is 0 Å². The van der Waals surface area contributed by atoms with Crippen LogP contribution in [0.25, 0.3) is 0 Å². The minimum absolute atomic E-state index is 0.158. The van der Waals surface area contributed by atoms with Gasteiger partial charge in [-0.1, -0.05) is 6.92 Å². The molecule has 1 aromatic heterocycles. The Morgan fingerprint density at radius 2 is 2.12 bits per heavy atom. The lowest BCUT2D eigenvalue weighted by Crippen LogP contribution is -2.50. The minimum atomic E-state index is -0.158. The second kappa shape index (κ2) is 5.14. The van der Waals surface area contributed by atoms with E-state index in [1.807, 2.05) is 0 Å². The molecule has 0 amide bonds. The Kier molecular flexibility index (Phi) is 3.79. The zero-order valence-corrected chi connectivity index (χ0v) is 10.6. The molecule has 5 heteroatoms. The van der Waals surface area contributed by atoms with E-state index in [9.17, 15) is 5.11 Å². The molecule has 17 heavy (non-hydrogen) atoms. The molecule has 5 nitrogen and oxygen atoms in total. The van der Waals surface area contributed by atoms with Crippen molar-refractivity contribution in [1.82, 2.24) is 15.5 Å². The first-order valence-electron chi connectivity index (χ1n) is 6.28. The molecule has 0 spiro atoms. The summed E-state index contributed by atoms with van der Waals surface area (Å²) in [7, 11) is 0. The number of hydrogen-bond acceptors (Lipinski definition) is 5. The average molecular weight is 239 g/mol. The summed E-state index contributed by atoms with van der Waals surface area (Å²) in [5.41, 5.74) is -0.158. The molecule has 0 aliphatic heterocycles. The summed E-state index contributed by atoms with van der Waals surface area (Å²) in [4.78, 5) is 0. The largest absolute Gasteiger partial charge is 0.424 e. The number of nitrogens with one attached hydrogen (secondary N) is 1. The second-order valence-electron chi connectivity index (χ2n) is 5.19. The van der Waals surface area contributed by atoms with Crippen LogP contribution < -0.4 is 5.32 Å². The molecular formula is C12H21N3O2. The van der Waals surface area contributed by atoms with Gasteiger partial charge in [-0.05, 0) is 31.6 Å². The van der Waals surface area contributed by atoms with E-state index in [0.717, 1.165) is 31.6 Å². The summed E-state index contributed by atoms with van der Waals surface area (Å²) in [5, 5.41) is 20.7. The van der Waals surface area contributed by atoms with Gasteiger partial charge < -0.3 is 14.8 Å². The summed E-state index contributed by atoms with van der Waals surface area (Å²) in [6, 6.07) is 0. The molecule has 1 aromatic rings. The van der Waals surface area contributed by atoms with Crippen molar-refractivity contribution in [2.24, 2.45) is 5.92 Å². The van der Waals surface area contributed by atoms with E-state index < -0.39 is 0 Å². The van der Waals surface area contributed by atoms with Gasteiger partial charge in [0.25, 0.3) is 0 Å². The van der Waals surface area contributed by atoms with Crippen LogP contribution in [0.1, 0.15) is 44.4 Å². The first-order valence-corrected chi connectivity index (χ1v) is 6.28. The molecule has 1 fully saturated rings. The third-order valence-electron chi connectivity index (χ3n) is 3.72. The van der Waals surface area contributed by atoms with E-state index in [2.05, 4.69) is 22.4 Å². The first-order chi connectivity index (χ1) is 8.13. The predicted molar refractivity (Wildman–Crippen MR) is 63.3 cm³/mol. The van der Waals surface area contributed by atoms with Crippen LogP contribution >= 0.6 is 0 Å². The van der Waals surface area contributed by atoms with E-state index in [-0.39, 0.29) is 12.1 Å². The minimum Gasteiger partial charge on any atom is -0.424 e. The van der Waals surface area contributed by atoms with Crippen LogP contribution in [0.2, 0.25) is 0 Å². The van der Waals surface area contributed by atoms with Gasteiger partial charge in [0.05, 0.1) is 13.2 Å². The van der Waals surface area contributed by atoms with Crippen LogP contribution in [0.3, 0.4) is 0 Å². The van der Waals surface area contributed by atoms with E-state index in [4.69, 9.17) is 4.42 Å². The molecule has 2 N–H and O–H groups in total. The third-order valence-corrected chi connectivity index (χ3v) is 3.72. The standard InChI is InChI=1S/C12H21N3O2/c1-9-3-5-12(8-16,6-4-9)13-7-11-15-14-10(2)17-11/h9,13,16H,3-8H2,1-2H3. The lowest BCUT2D eigenvalue weighted by atomic mass is 9.77. The Balaban J connectivity index is 1.91. The van der Waals surface area contributed by atoms with Crippen molar-refractivity contribution in [2.75, 3.05) is 6.61 Å². The van der Waals surface area contributed by atoms with Crippen LogP contribution in [0.15, 0.2) is 4.42 Å². The number of aliphatic hydroxyl groups excluding tert-OH is 1. The molecule has 0 bridgehead atoms. The lowest BCUT2D eigenvalue weighted by Gasteiger charge is -2.38. The number of hydrogen-bond donors (Lipinski definition) is 2. The SMILES string of the molecule is Cc1nnc(CNC2(CO)CCC(C)CC2)o1. The Bertz CT molecular complexity index is 356. The first kappa shape index (κ1) is 12.5. The van der Waals surface area contributed by atoms with Crippen molar-refractivity contribution in [3.8, 4) is 0 Å². The van der Waals surface area contributed by atoms with E-state index in [1.54, 1.807) is 6.92 Å². The van der Waals surface area contributed by atoms with Crippen LogP contribution in [0, 0.1) is 12.8 Å². The van der Waals surface area contributed by atoms with Gasteiger partial charge in [0.15, 0.2) is 0 Å². The van der Waals surface area contributed by atoms with Crippen LogP contribution in [0.5, 0.6) is 0 Å². The molecule has 1 heterocycles. The molecule has 2 rings (SSSR count). The molecule has 1 aliphatic carbocycles. The van der Waals surface area contributed by atoms with Gasteiger partial charge >= 0.3 is 0 Å². The van der Waals surface area contributed by atoms with Crippen molar-refractivity contribution in [3.05, 3.63) is 11.8 Å². The van der Waals surface area contributed by atoms with Gasteiger partial charge in [0.1, 0.15) is 0 Å². The highest BCUT2D eigenvalue weighted by molar-refractivity contribution is 4.93. The molecule has 0 atom stereocenters. The van der Waals surface area contributed by atoms with Crippen molar-refractivity contribution >= 4 is 0 Å². The van der Waals surface area contributed by atoms with Gasteiger partial charge in [0.2, 0.25) is 11.8 Å². The fourth-order valence-corrected chi connectivity index (χ4v) is 2.38. The highest BCUT2D eigenvalue weighted by Gasteiger charge is 2.33. The number of aliphatic hydroxyl groups is 1. The smallest absolute Gasteiger partial charge is 0.230 e. The van der Waals surface area contributed by atoms with Crippen molar-refractivity contribution in [3.63, 3.8) is 0 Å². The molecule has 0 saturated heterocycles. The zero-order chi connectivity index (χ0) is 12.3. The molecule has 0 radical (unpaired) electrons. The average Bonchev–Trinajstić information content (AvgIpc) is 2.75. The Labute approximate surface area is 102 Å². The van der Waals surface area contributed by atoms with Crippen molar-refractivity contribution < 1.29 is 9.52 Å². The summed E-state index contributed by atoms with van der Waals surface area (Å²) < 4.78 is 5.32. The highest BCUT2D eigenvalue weighted by Crippen LogP contribution is 2.31. The maximum absolute atomic E-state index is 9.58. The summed E-state index contributed by atoms with van der Waals surface area (Å²) in [6.45, 7) is 4.76. The van der Waals surface area contributed by atoms with E-state index in [0.29, 0.717) is 18.3 Å². The lowest BCUT2D eigenvalue weighted by molar-refractivity contribution is 0.102. The number of aryl methyl sites for hydroxylation is 1. The molecule has 0 unspecified atom stereocenters. The van der Waals surface area contributed by atoms with Gasteiger partial charge in [-0.3, -0.25) is 0 Å². The quantitative estimate of drug-likeness (QED) is 0.831. The fourth-order valence-electron chi connectivity index (χ4n) is 2.38. The third kappa shape index (κ3) is 3.04. The highest BCUT2D eigenvalue weighted by atomic mass is 16.4. The number of nitrogens with zero attached hydrogens (tertiary/aromatic N) is 2. The fraction of sp³-hybridized carbons (Fsp3) is 0.833. The van der Waals surface area contributed by atoms with Gasteiger partial charge in [-0.15, -0.1) is 10.2 Å². The molecule has 1 saturated carbocycles. The Morgan fingerprint density at radius 3 is 2.65 bits per heavy atom. The molecule has 0 aromatic carbocycles. The monoisotopic (exact) mass is 239 g/mol. The summed E-state index contributed by atoms with van der Waals surface area (Å²) in [6.07, 6.45) is 4.35. The second-order valence-corrected chi connectivity index (χ2v) is 5.19. The van der Waals surface area contributed by atoms with Crippen molar-refractivity contribution in [1.29, 1.82) is 0 Å². The van der Waals surface area contributed by atoms with Crippen LogP contribution in [-0.2, 0) is 6.54 Å². The molecule has 1 aliphatic rings. The molecular weight excluding hydrogens is 218 g/mol. The topological polar surface area (TPSA) is 71.2 Å². The van der Waals surface area contributed by atoms with Crippen LogP contribution in [0.4, 0.5) is 0 Å². The summed E-state index contributed by atoms with van der Waals surface area (Å²) >= 11 is 0. The van der Waals surface area contributed by atoms with Gasteiger partial charge in [-0.25, -0.2) is 0 Å². The maximum atomic E-state index is 9.58. The van der Waals surface area contributed by atoms with Gasteiger partial charge in [0, 0.05) is 12.5 Å². The predicted octanol–water partition coefficient (Wildman–Crippen LogP) is 1.41. The summed E-state index contributed by atoms with van der Waals surface area (Å²) in [5.74, 6) is 1.94. The number of aromatic nitrogens is 2. The normalized spacial score (nSPS) is 29.5. The van der Waals surface area contributed by atoms with Crippen LogP contribution in [-0.4, -0.2) is 27.4 Å².